The summed E-state index contributed by atoms with van der Waals surface area (Å²) in [5, 5.41) is 8.80. The lowest BCUT2D eigenvalue weighted by atomic mass is 10.1. The molecule has 0 aliphatic carbocycles. The average molecular weight is 355 g/mol. The van der Waals surface area contributed by atoms with Crippen molar-refractivity contribution in [2.75, 3.05) is 0 Å². The van der Waals surface area contributed by atoms with Gasteiger partial charge in [0.25, 0.3) is 0 Å². The molecule has 1 unspecified atom stereocenters. The Labute approximate surface area is 150 Å². The van der Waals surface area contributed by atoms with Crippen LogP contribution in [0, 0.1) is 0 Å². The van der Waals surface area contributed by atoms with E-state index in [1.165, 1.54) is 12.8 Å². The number of carboxylic acids is 1. The fourth-order valence-electron chi connectivity index (χ4n) is 2.14. The van der Waals surface area contributed by atoms with Gasteiger partial charge in [-0.3, -0.25) is 4.79 Å². The first-order valence-electron chi connectivity index (χ1n) is 9.29. The predicted molar refractivity (Wildman–Crippen MR) is 106 cm³/mol. The SMILES string of the molecule is CC(/C=C/C=C/CCCCCCCC(=O)O)O[Si](C)(C)C(C)(C)C. The van der Waals surface area contributed by atoms with Gasteiger partial charge in [-0.25, -0.2) is 0 Å². The minimum absolute atomic E-state index is 0.157. The second-order valence-electron chi connectivity index (χ2n) is 8.10. The summed E-state index contributed by atoms with van der Waals surface area (Å²) in [5.41, 5.74) is 0. The zero-order valence-corrected chi connectivity index (χ0v) is 17.6. The van der Waals surface area contributed by atoms with Gasteiger partial charge in [0, 0.05) is 6.42 Å². The van der Waals surface area contributed by atoms with Crippen LogP contribution in [0.1, 0.15) is 72.6 Å². The van der Waals surface area contributed by atoms with E-state index in [0.29, 0.717) is 6.42 Å². The number of hydrogen-bond acceptors (Lipinski definition) is 2. The van der Waals surface area contributed by atoms with Crippen molar-refractivity contribution in [2.45, 2.75) is 96.9 Å². The molecule has 1 atom stereocenters. The Morgan fingerprint density at radius 3 is 2.25 bits per heavy atom. The van der Waals surface area contributed by atoms with Crippen LogP contribution in [0.4, 0.5) is 0 Å². The monoisotopic (exact) mass is 354 g/mol. The molecular weight excluding hydrogens is 316 g/mol. The van der Waals surface area contributed by atoms with Crippen molar-refractivity contribution in [3.05, 3.63) is 24.3 Å². The molecule has 0 saturated carbocycles. The summed E-state index contributed by atoms with van der Waals surface area (Å²) in [7, 11) is -1.68. The van der Waals surface area contributed by atoms with Crippen molar-refractivity contribution in [2.24, 2.45) is 0 Å². The maximum absolute atomic E-state index is 10.4. The number of aliphatic carboxylic acids is 1. The van der Waals surface area contributed by atoms with Gasteiger partial charge < -0.3 is 9.53 Å². The van der Waals surface area contributed by atoms with Crippen LogP contribution in [-0.2, 0) is 9.22 Å². The minimum atomic E-state index is -1.68. The molecule has 3 nitrogen and oxygen atoms in total. The van der Waals surface area contributed by atoms with Crippen molar-refractivity contribution in [1.29, 1.82) is 0 Å². The highest BCUT2D eigenvalue weighted by Gasteiger charge is 2.37. The molecule has 0 heterocycles. The van der Waals surface area contributed by atoms with Gasteiger partial charge in [-0.2, -0.15) is 0 Å². The molecule has 0 saturated heterocycles. The molecular formula is C20H38O3Si. The largest absolute Gasteiger partial charge is 0.481 e. The summed E-state index contributed by atoms with van der Waals surface area (Å²) in [4.78, 5) is 10.4. The molecule has 0 spiro atoms. The average Bonchev–Trinajstić information content (AvgIpc) is 2.42. The predicted octanol–water partition coefficient (Wildman–Crippen LogP) is 6.32. The number of allylic oxidation sites excluding steroid dienone is 3. The summed E-state index contributed by atoms with van der Waals surface area (Å²) in [6, 6.07) is 0. The van der Waals surface area contributed by atoms with Crippen molar-refractivity contribution >= 4 is 14.3 Å². The van der Waals surface area contributed by atoms with E-state index in [9.17, 15) is 4.79 Å². The Balaban J connectivity index is 3.79. The first-order chi connectivity index (χ1) is 11.1. The van der Waals surface area contributed by atoms with Gasteiger partial charge in [0.1, 0.15) is 0 Å². The van der Waals surface area contributed by atoms with Crippen molar-refractivity contribution < 1.29 is 14.3 Å². The van der Waals surface area contributed by atoms with E-state index >= 15 is 0 Å². The van der Waals surface area contributed by atoms with Crippen LogP contribution in [0.2, 0.25) is 18.1 Å². The zero-order chi connectivity index (χ0) is 18.6. The lowest BCUT2D eigenvalue weighted by molar-refractivity contribution is -0.137. The van der Waals surface area contributed by atoms with Gasteiger partial charge in [-0.05, 0) is 44.3 Å². The molecule has 0 rings (SSSR count). The van der Waals surface area contributed by atoms with Crippen LogP contribution in [-0.4, -0.2) is 25.5 Å². The van der Waals surface area contributed by atoms with E-state index in [0.717, 1.165) is 25.7 Å². The third-order valence-electron chi connectivity index (χ3n) is 4.68. The molecule has 0 aromatic rings. The first-order valence-corrected chi connectivity index (χ1v) is 12.2. The van der Waals surface area contributed by atoms with Gasteiger partial charge in [-0.1, -0.05) is 64.3 Å². The second-order valence-corrected chi connectivity index (χ2v) is 12.9. The smallest absolute Gasteiger partial charge is 0.303 e. The lowest BCUT2D eigenvalue weighted by Crippen LogP contribution is -2.42. The highest BCUT2D eigenvalue weighted by molar-refractivity contribution is 6.74. The maximum atomic E-state index is 10.4. The third-order valence-corrected chi connectivity index (χ3v) is 9.25. The number of unbranched alkanes of at least 4 members (excludes halogenated alkanes) is 5. The molecule has 0 amide bonds. The Bertz CT molecular complexity index is 406. The quantitative estimate of drug-likeness (QED) is 0.253. The summed E-state index contributed by atoms with van der Waals surface area (Å²) in [6.07, 6.45) is 15.4. The molecule has 140 valence electrons. The van der Waals surface area contributed by atoms with Crippen LogP contribution in [0.15, 0.2) is 24.3 Å². The summed E-state index contributed by atoms with van der Waals surface area (Å²) >= 11 is 0. The first kappa shape index (κ1) is 23.1. The van der Waals surface area contributed by atoms with Crippen LogP contribution < -0.4 is 0 Å². The van der Waals surface area contributed by atoms with E-state index in [2.05, 4.69) is 65.1 Å². The summed E-state index contributed by atoms with van der Waals surface area (Å²) < 4.78 is 6.28. The maximum Gasteiger partial charge on any atom is 0.303 e. The Kier molecular flexibility index (Phi) is 11.2. The molecule has 0 aromatic carbocycles. The van der Waals surface area contributed by atoms with E-state index in [4.69, 9.17) is 9.53 Å². The molecule has 0 aliphatic rings. The lowest BCUT2D eigenvalue weighted by Gasteiger charge is -2.37. The van der Waals surface area contributed by atoms with E-state index in [-0.39, 0.29) is 11.1 Å². The normalized spacial score (nSPS) is 14.6. The number of carbonyl (C=O) groups is 1. The molecule has 0 bridgehead atoms. The van der Waals surface area contributed by atoms with Gasteiger partial charge in [-0.15, -0.1) is 0 Å². The number of hydrogen-bond donors (Lipinski definition) is 1. The summed E-state index contributed by atoms with van der Waals surface area (Å²) in [6.45, 7) is 13.5. The van der Waals surface area contributed by atoms with E-state index < -0.39 is 14.3 Å². The number of carboxylic acid groups (broad SMARTS) is 1. The fraction of sp³-hybridized carbons (Fsp3) is 0.750. The number of rotatable bonds is 12. The molecule has 0 radical (unpaired) electrons. The zero-order valence-electron chi connectivity index (χ0n) is 16.6. The Morgan fingerprint density at radius 2 is 1.67 bits per heavy atom. The molecule has 0 fully saturated rings. The molecule has 24 heavy (non-hydrogen) atoms. The molecule has 4 heteroatoms. The van der Waals surface area contributed by atoms with Crippen molar-refractivity contribution in [3.63, 3.8) is 0 Å². The standard InChI is InChI=1S/C20H38O3Si/c1-18(23-24(5,6)20(2,3)4)16-14-12-10-8-7-9-11-13-15-17-19(21)22/h10,12,14,16,18H,7-9,11,13,15,17H2,1-6H3,(H,21,22)/b12-10+,16-14+. The van der Waals surface area contributed by atoms with Crippen LogP contribution in [0.25, 0.3) is 0 Å². The van der Waals surface area contributed by atoms with E-state index in [1.807, 2.05) is 0 Å². The summed E-state index contributed by atoms with van der Waals surface area (Å²) in [5.74, 6) is -0.684. The molecule has 1 N–H and O–H groups in total. The van der Waals surface area contributed by atoms with Crippen LogP contribution in [0.3, 0.4) is 0 Å². The van der Waals surface area contributed by atoms with Gasteiger partial charge in [0.2, 0.25) is 0 Å². The van der Waals surface area contributed by atoms with Crippen molar-refractivity contribution in [1.82, 2.24) is 0 Å². The van der Waals surface area contributed by atoms with Crippen LogP contribution in [0.5, 0.6) is 0 Å². The van der Waals surface area contributed by atoms with Gasteiger partial charge >= 0.3 is 5.97 Å². The van der Waals surface area contributed by atoms with Gasteiger partial charge in [0.15, 0.2) is 8.32 Å². The minimum Gasteiger partial charge on any atom is -0.481 e. The molecule has 0 aromatic heterocycles. The Hall–Kier alpha value is -0.873. The van der Waals surface area contributed by atoms with Gasteiger partial charge in [0.05, 0.1) is 6.10 Å². The highest BCUT2D eigenvalue weighted by atomic mass is 28.4. The molecule has 0 aliphatic heterocycles. The van der Waals surface area contributed by atoms with Crippen LogP contribution >= 0.6 is 0 Å². The highest BCUT2D eigenvalue weighted by Crippen LogP contribution is 2.37. The third kappa shape index (κ3) is 11.6. The topological polar surface area (TPSA) is 46.5 Å². The Morgan fingerprint density at radius 1 is 1.08 bits per heavy atom. The van der Waals surface area contributed by atoms with Crippen molar-refractivity contribution in [3.8, 4) is 0 Å². The second kappa shape index (κ2) is 11.6. The van der Waals surface area contributed by atoms with E-state index in [1.54, 1.807) is 0 Å². The fourth-order valence-corrected chi connectivity index (χ4v) is 3.51.